The summed E-state index contributed by atoms with van der Waals surface area (Å²) < 4.78 is 1.95. The van der Waals surface area contributed by atoms with Gasteiger partial charge in [0.15, 0.2) is 0 Å². The van der Waals surface area contributed by atoms with Crippen LogP contribution in [0.25, 0.3) is 0 Å². The molecule has 1 saturated heterocycles. The molecule has 20 heavy (non-hydrogen) atoms. The van der Waals surface area contributed by atoms with Crippen molar-refractivity contribution in [3.05, 3.63) is 18.0 Å². The van der Waals surface area contributed by atoms with Gasteiger partial charge in [0, 0.05) is 52.0 Å². The number of rotatable bonds is 8. The van der Waals surface area contributed by atoms with Gasteiger partial charge >= 0.3 is 6.03 Å². The molecule has 0 radical (unpaired) electrons. The second-order valence-electron chi connectivity index (χ2n) is 4.86. The highest BCUT2D eigenvalue weighted by Crippen LogP contribution is 2.05. The summed E-state index contributed by atoms with van der Waals surface area (Å²) >= 11 is 0. The standard InChI is InChI=1S/C13H23N5O2/c1-2-18-12(3-4-15-18)11-16(9-10-19)7-8-17-6-5-14-13(17)20/h3-4,19H,2,5-11H2,1H3,(H,14,20). The number of aliphatic hydroxyl groups excluding tert-OH is 1. The van der Waals surface area contributed by atoms with Crippen LogP contribution in [0, 0.1) is 0 Å². The van der Waals surface area contributed by atoms with Crippen molar-refractivity contribution in [2.75, 3.05) is 39.3 Å². The van der Waals surface area contributed by atoms with Gasteiger partial charge < -0.3 is 15.3 Å². The van der Waals surface area contributed by atoms with Crippen molar-refractivity contribution in [2.24, 2.45) is 0 Å². The molecule has 112 valence electrons. The van der Waals surface area contributed by atoms with E-state index in [0.717, 1.165) is 38.4 Å². The van der Waals surface area contributed by atoms with Crippen molar-refractivity contribution < 1.29 is 9.90 Å². The molecule has 0 aromatic carbocycles. The van der Waals surface area contributed by atoms with E-state index in [1.165, 1.54) is 0 Å². The van der Waals surface area contributed by atoms with Crippen molar-refractivity contribution in [3.8, 4) is 0 Å². The van der Waals surface area contributed by atoms with Crippen molar-refractivity contribution in [2.45, 2.75) is 20.0 Å². The average Bonchev–Trinajstić information content (AvgIpc) is 3.05. The summed E-state index contributed by atoms with van der Waals surface area (Å²) in [5, 5.41) is 16.2. The smallest absolute Gasteiger partial charge is 0.317 e. The minimum absolute atomic E-state index is 0.00699. The zero-order valence-electron chi connectivity index (χ0n) is 12.0. The molecule has 1 aliphatic heterocycles. The third-order valence-electron chi connectivity index (χ3n) is 3.54. The Labute approximate surface area is 119 Å². The van der Waals surface area contributed by atoms with E-state index >= 15 is 0 Å². The predicted molar refractivity (Wildman–Crippen MR) is 75.2 cm³/mol. The number of nitrogens with one attached hydrogen (secondary N) is 1. The van der Waals surface area contributed by atoms with Crippen LogP contribution in [0.4, 0.5) is 4.79 Å². The highest BCUT2D eigenvalue weighted by atomic mass is 16.3. The first-order chi connectivity index (χ1) is 9.74. The molecule has 1 aromatic rings. The summed E-state index contributed by atoms with van der Waals surface area (Å²) in [4.78, 5) is 15.4. The van der Waals surface area contributed by atoms with Gasteiger partial charge in [-0.15, -0.1) is 0 Å². The van der Waals surface area contributed by atoms with Gasteiger partial charge in [-0.25, -0.2) is 4.79 Å². The van der Waals surface area contributed by atoms with E-state index in [9.17, 15) is 9.90 Å². The van der Waals surface area contributed by atoms with E-state index in [2.05, 4.69) is 22.2 Å². The summed E-state index contributed by atoms with van der Waals surface area (Å²) in [6.45, 7) is 7.28. The first-order valence-electron chi connectivity index (χ1n) is 7.11. The van der Waals surface area contributed by atoms with Crippen LogP contribution in [0.2, 0.25) is 0 Å². The number of hydrogen-bond acceptors (Lipinski definition) is 4. The Kier molecular flexibility index (Phi) is 5.37. The maximum absolute atomic E-state index is 11.5. The molecule has 2 N–H and O–H groups in total. The molecule has 2 heterocycles. The number of hydrogen-bond donors (Lipinski definition) is 2. The maximum Gasteiger partial charge on any atom is 0.317 e. The Balaban J connectivity index is 1.88. The van der Waals surface area contributed by atoms with Crippen LogP contribution in [0.5, 0.6) is 0 Å². The van der Waals surface area contributed by atoms with Crippen LogP contribution in [0.1, 0.15) is 12.6 Å². The Hall–Kier alpha value is -1.60. The number of nitrogens with zero attached hydrogens (tertiary/aromatic N) is 4. The fourth-order valence-corrected chi connectivity index (χ4v) is 2.41. The number of urea groups is 1. The molecule has 2 rings (SSSR count). The van der Waals surface area contributed by atoms with Gasteiger partial charge in [0.05, 0.1) is 12.3 Å². The lowest BCUT2D eigenvalue weighted by Crippen LogP contribution is -2.38. The van der Waals surface area contributed by atoms with Gasteiger partial charge in [-0.1, -0.05) is 0 Å². The molecule has 1 aliphatic rings. The van der Waals surface area contributed by atoms with Crippen LogP contribution >= 0.6 is 0 Å². The van der Waals surface area contributed by atoms with E-state index in [0.29, 0.717) is 13.1 Å². The van der Waals surface area contributed by atoms with E-state index in [1.54, 1.807) is 6.20 Å². The average molecular weight is 281 g/mol. The van der Waals surface area contributed by atoms with Crippen LogP contribution in [0.3, 0.4) is 0 Å². The van der Waals surface area contributed by atoms with Gasteiger partial charge in [0.25, 0.3) is 0 Å². The summed E-state index contributed by atoms with van der Waals surface area (Å²) in [7, 11) is 0. The third-order valence-corrected chi connectivity index (χ3v) is 3.54. The minimum atomic E-state index is 0.00699. The lowest BCUT2D eigenvalue weighted by atomic mass is 10.3. The Morgan fingerprint density at radius 1 is 1.50 bits per heavy atom. The molecular weight excluding hydrogens is 258 g/mol. The monoisotopic (exact) mass is 281 g/mol. The summed E-state index contributed by atoms with van der Waals surface area (Å²) in [6, 6.07) is 2.00. The molecule has 0 saturated carbocycles. The Morgan fingerprint density at radius 3 is 3.00 bits per heavy atom. The quantitative estimate of drug-likeness (QED) is 0.687. The van der Waals surface area contributed by atoms with Gasteiger partial charge in [0.1, 0.15) is 0 Å². The Morgan fingerprint density at radius 2 is 2.35 bits per heavy atom. The van der Waals surface area contributed by atoms with E-state index < -0.39 is 0 Å². The molecule has 0 aliphatic carbocycles. The molecule has 0 unspecified atom stereocenters. The van der Waals surface area contributed by atoms with E-state index in [1.807, 2.05) is 15.6 Å². The zero-order valence-corrected chi connectivity index (χ0v) is 12.0. The molecule has 7 heteroatoms. The molecule has 2 amide bonds. The number of aryl methyl sites for hydroxylation is 1. The van der Waals surface area contributed by atoms with E-state index in [4.69, 9.17) is 0 Å². The first-order valence-corrected chi connectivity index (χ1v) is 7.11. The van der Waals surface area contributed by atoms with Crippen LogP contribution < -0.4 is 5.32 Å². The van der Waals surface area contributed by atoms with Crippen molar-refractivity contribution >= 4 is 6.03 Å². The lowest BCUT2D eigenvalue weighted by Gasteiger charge is -2.24. The van der Waals surface area contributed by atoms with Gasteiger partial charge in [-0.05, 0) is 13.0 Å². The summed E-state index contributed by atoms with van der Waals surface area (Å²) in [5.74, 6) is 0. The van der Waals surface area contributed by atoms with E-state index in [-0.39, 0.29) is 12.6 Å². The highest BCUT2D eigenvalue weighted by molar-refractivity contribution is 5.76. The van der Waals surface area contributed by atoms with Crippen LogP contribution in [0.15, 0.2) is 12.3 Å². The molecular formula is C13H23N5O2. The largest absolute Gasteiger partial charge is 0.395 e. The summed E-state index contributed by atoms with van der Waals surface area (Å²) in [6.07, 6.45) is 1.80. The number of aliphatic hydroxyl groups is 1. The summed E-state index contributed by atoms with van der Waals surface area (Å²) in [5.41, 5.74) is 1.13. The van der Waals surface area contributed by atoms with Gasteiger partial charge in [-0.2, -0.15) is 5.10 Å². The minimum Gasteiger partial charge on any atom is -0.395 e. The van der Waals surface area contributed by atoms with Crippen molar-refractivity contribution in [3.63, 3.8) is 0 Å². The first kappa shape index (κ1) is 14.8. The number of aromatic nitrogens is 2. The normalized spacial score (nSPS) is 15.2. The number of amides is 2. The fourth-order valence-electron chi connectivity index (χ4n) is 2.41. The lowest BCUT2D eigenvalue weighted by molar-refractivity contribution is 0.168. The van der Waals surface area contributed by atoms with Crippen molar-refractivity contribution in [1.82, 2.24) is 24.9 Å². The molecule has 0 spiro atoms. The highest BCUT2D eigenvalue weighted by Gasteiger charge is 2.20. The maximum atomic E-state index is 11.5. The molecule has 1 aromatic heterocycles. The van der Waals surface area contributed by atoms with Crippen LogP contribution in [-0.2, 0) is 13.1 Å². The molecule has 0 bridgehead atoms. The van der Waals surface area contributed by atoms with Gasteiger partial charge in [-0.3, -0.25) is 9.58 Å². The topological polar surface area (TPSA) is 73.6 Å². The zero-order chi connectivity index (χ0) is 14.4. The van der Waals surface area contributed by atoms with Crippen LogP contribution in [-0.4, -0.2) is 70.0 Å². The fraction of sp³-hybridized carbons (Fsp3) is 0.692. The SMILES string of the molecule is CCn1nccc1CN(CCO)CCN1CCNC1=O. The Bertz CT molecular complexity index is 434. The second kappa shape index (κ2) is 7.25. The molecule has 7 nitrogen and oxygen atoms in total. The van der Waals surface area contributed by atoms with Crippen molar-refractivity contribution in [1.29, 1.82) is 0 Å². The number of carbonyl (C=O) groups is 1. The molecule has 0 atom stereocenters. The molecule has 1 fully saturated rings. The van der Waals surface area contributed by atoms with Gasteiger partial charge in [0.2, 0.25) is 0 Å². The third kappa shape index (κ3) is 3.71. The second-order valence-corrected chi connectivity index (χ2v) is 4.86. The number of carbonyl (C=O) groups excluding carboxylic acids is 1. The predicted octanol–water partition coefficient (Wildman–Crippen LogP) is -0.277.